The van der Waals surface area contributed by atoms with E-state index in [1.807, 2.05) is 0 Å². The van der Waals surface area contributed by atoms with Crippen LogP contribution < -0.4 is 10.5 Å². The van der Waals surface area contributed by atoms with Gasteiger partial charge in [-0.25, -0.2) is 9.78 Å². The second kappa shape index (κ2) is 3.74. The Labute approximate surface area is 85.6 Å². The number of pyridine rings is 1. The average molecular weight is 210 g/mol. The Morgan fingerprint density at radius 3 is 2.93 bits per heavy atom. The minimum absolute atomic E-state index is 0.0260. The lowest BCUT2D eigenvalue weighted by molar-refractivity contribution is -0.0816. The Bertz CT molecular complexity index is 390. The van der Waals surface area contributed by atoms with Gasteiger partial charge in [-0.3, -0.25) is 0 Å². The third-order valence-electron chi connectivity index (χ3n) is 1.99. The molecule has 1 aliphatic rings. The molecule has 0 atom stereocenters. The summed E-state index contributed by atoms with van der Waals surface area (Å²) in [5.74, 6) is -1.02. The van der Waals surface area contributed by atoms with Gasteiger partial charge in [-0.05, 0) is 6.07 Å². The Kier molecular flexibility index (Phi) is 2.42. The largest absolute Gasteiger partial charge is 0.477 e. The van der Waals surface area contributed by atoms with Gasteiger partial charge in [-0.15, -0.1) is 0 Å². The van der Waals surface area contributed by atoms with Gasteiger partial charge in [0.1, 0.15) is 11.7 Å². The number of carbonyl (C=O) groups is 1. The van der Waals surface area contributed by atoms with Crippen LogP contribution in [-0.2, 0) is 4.74 Å². The summed E-state index contributed by atoms with van der Waals surface area (Å²) in [5.41, 5.74) is 5.71. The molecule has 1 fully saturated rings. The number of hydrogen-bond acceptors (Lipinski definition) is 5. The average Bonchev–Trinajstić information content (AvgIpc) is 2.12. The fraction of sp³-hybridized carbons (Fsp3) is 0.333. The Hall–Kier alpha value is -1.82. The number of carboxylic acids is 1. The zero-order valence-electron chi connectivity index (χ0n) is 7.84. The number of nitrogens with zero attached hydrogens (tertiary/aromatic N) is 1. The molecule has 15 heavy (non-hydrogen) atoms. The molecule has 3 N–H and O–H groups in total. The summed E-state index contributed by atoms with van der Waals surface area (Å²) < 4.78 is 10.2. The van der Waals surface area contributed by atoms with Crippen molar-refractivity contribution in [3.8, 4) is 5.88 Å². The predicted molar refractivity (Wildman–Crippen MR) is 50.8 cm³/mol. The third kappa shape index (κ3) is 1.99. The van der Waals surface area contributed by atoms with Crippen molar-refractivity contribution < 1.29 is 19.4 Å². The van der Waals surface area contributed by atoms with Crippen LogP contribution in [0.25, 0.3) is 0 Å². The summed E-state index contributed by atoms with van der Waals surface area (Å²) in [7, 11) is 0. The molecule has 80 valence electrons. The van der Waals surface area contributed by atoms with Crippen molar-refractivity contribution in [2.45, 2.75) is 6.10 Å². The van der Waals surface area contributed by atoms with E-state index in [9.17, 15) is 4.79 Å². The highest BCUT2D eigenvalue weighted by molar-refractivity contribution is 5.91. The van der Waals surface area contributed by atoms with Gasteiger partial charge in [-0.2, -0.15) is 0 Å². The lowest BCUT2D eigenvalue weighted by Crippen LogP contribution is -2.39. The molecule has 0 aliphatic carbocycles. The van der Waals surface area contributed by atoms with Crippen LogP contribution in [-0.4, -0.2) is 35.4 Å². The molecule has 6 nitrogen and oxygen atoms in total. The number of aromatic carboxylic acids is 1. The molecular formula is C9H10N2O4. The van der Waals surface area contributed by atoms with Crippen LogP contribution in [0, 0.1) is 0 Å². The van der Waals surface area contributed by atoms with Gasteiger partial charge in [0.15, 0.2) is 0 Å². The molecule has 2 rings (SSSR count). The summed E-state index contributed by atoms with van der Waals surface area (Å²) >= 11 is 0. The predicted octanol–water partition coefficient (Wildman–Crippen LogP) is 0.140. The summed E-state index contributed by atoms with van der Waals surface area (Å²) in [6.07, 6.45) is 1.25. The number of nitrogen functional groups attached to an aromatic ring is 1. The Morgan fingerprint density at radius 1 is 1.67 bits per heavy atom. The third-order valence-corrected chi connectivity index (χ3v) is 1.99. The maximum absolute atomic E-state index is 10.9. The number of carboxylic acid groups (broad SMARTS) is 1. The SMILES string of the molecule is Nc1cnc(OC2COC2)c(C(=O)O)c1. The Morgan fingerprint density at radius 2 is 2.40 bits per heavy atom. The van der Waals surface area contributed by atoms with Crippen molar-refractivity contribution in [2.24, 2.45) is 0 Å². The normalized spacial score (nSPS) is 15.7. The van der Waals surface area contributed by atoms with Crippen molar-refractivity contribution in [1.82, 2.24) is 4.98 Å². The highest BCUT2D eigenvalue weighted by Gasteiger charge is 2.23. The lowest BCUT2D eigenvalue weighted by Gasteiger charge is -2.26. The first-order valence-corrected chi connectivity index (χ1v) is 4.40. The number of ether oxygens (including phenoxy) is 2. The van der Waals surface area contributed by atoms with Crippen LogP contribution in [0.15, 0.2) is 12.3 Å². The van der Waals surface area contributed by atoms with Crippen molar-refractivity contribution in [2.75, 3.05) is 18.9 Å². The lowest BCUT2D eigenvalue weighted by atomic mass is 10.2. The number of rotatable bonds is 3. The van der Waals surface area contributed by atoms with Crippen LogP contribution >= 0.6 is 0 Å². The number of anilines is 1. The molecule has 1 saturated heterocycles. The maximum Gasteiger partial charge on any atom is 0.341 e. The van der Waals surface area contributed by atoms with Gasteiger partial charge in [0, 0.05) is 0 Å². The number of hydrogen-bond donors (Lipinski definition) is 2. The van der Waals surface area contributed by atoms with Crippen LogP contribution in [0.1, 0.15) is 10.4 Å². The Balaban J connectivity index is 2.23. The highest BCUT2D eigenvalue weighted by atomic mass is 16.6. The van der Waals surface area contributed by atoms with Gasteiger partial charge in [0.05, 0.1) is 25.1 Å². The van der Waals surface area contributed by atoms with Crippen LogP contribution in [0.5, 0.6) is 5.88 Å². The molecule has 0 radical (unpaired) electrons. The zero-order valence-corrected chi connectivity index (χ0v) is 7.84. The topological polar surface area (TPSA) is 94.7 Å². The van der Waals surface area contributed by atoms with Crippen LogP contribution in [0.2, 0.25) is 0 Å². The van der Waals surface area contributed by atoms with E-state index < -0.39 is 5.97 Å². The smallest absolute Gasteiger partial charge is 0.341 e. The first-order valence-electron chi connectivity index (χ1n) is 4.40. The van der Waals surface area contributed by atoms with Gasteiger partial charge < -0.3 is 20.3 Å². The van der Waals surface area contributed by atoms with Gasteiger partial charge in [0.25, 0.3) is 0 Å². The summed E-state index contributed by atoms with van der Waals surface area (Å²) in [4.78, 5) is 14.7. The number of nitrogens with two attached hydrogens (primary N) is 1. The van der Waals surface area contributed by atoms with Crippen molar-refractivity contribution in [3.63, 3.8) is 0 Å². The molecule has 2 heterocycles. The molecule has 6 heteroatoms. The summed E-state index contributed by atoms with van der Waals surface area (Å²) in [6, 6.07) is 1.32. The first kappa shape index (κ1) is 9.72. The summed E-state index contributed by atoms with van der Waals surface area (Å²) in [5, 5.41) is 8.89. The van der Waals surface area contributed by atoms with E-state index >= 15 is 0 Å². The number of aromatic nitrogens is 1. The van der Waals surface area contributed by atoms with Crippen molar-refractivity contribution in [3.05, 3.63) is 17.8 Å². The van der Waals surface area contributed by atoms with E-state index in [1.54, 1.807) is 0 Å². The maximum atomic E-state index is 10.9. The zero-order chi connectivity index (χ0) is 10.8. The van der Waals surface area contributed by atoms with Gasteiger partial charge >= 0.3 is 5.97 Å². The molecule has 0 unspecified atom stereocenters. The minimum atomic E-state index is -1.11. The molecule has 0 spiro atoms. The van der Waals surface area contributed by atoms with E-state index in [0.29, 0.717) is 18.9 Å². The fourth-order valence-corrected chi connectivity index (χ4v) is 1.16. The molecular weight excluding hydrogens is 200 g/mol. The van der Waals surface area contributed by atoms with E-state index in [2.05, 4.69) is 4.98 Å². The van der Waals surface area contributed by atoms with Crippen LogP contribution in [0.4, 0.5) is 5.69 Å². The molecule has 0 bridgehead atoms. The van der Waals surface area contributed by atoms with Gasteiger partial charge in [-0.1, -0.05) is 0 Å². The first-order chi connectivity index (χ1) is 7.16. The van der Waals surface area contributed by atoms with Gasteiger partial charge in [0.2, 0.25) is 5.88 Å². The molecule has 0 saturated carbocycles. The standard InChI is InChI=1S/C9H10N2O4/c10-5-1-7(9(12)13)8(11-2-5)15-6-3-14-4-6/h1-2,6H,3-4,10H2,(H,12,13). The second-order valence-electron chi connectivity index (χ2n) is 3.20. The van der Waals surface area contributed by atoms with Crippen molar-refractivity contribution in [1.29, 1.82) is 0 Å². The van der Waals surface area contributed by atoms with E-state index in [-0.39, 0.29) is 17.5 Å². The summed E-state index contributed by atoms with van der Waals surface area (Å²) in [6.45, 7) is 0.927. The minimum Gasteiger partial charge on any atom is -0.477 e. The second-order valence-corrected chi connectivity index (χ2v) is 3.20. The van der Waals surface area contributed by atoms with E-state index in [0.717, 1.165) is 0 Å². The monoisotopic (exact) mass is 210 g/mol. The van der Waals surface area contributed by atoms with Crippen LogP contribution in [0.3, 0.4) is 0 Å². The molecule has 1 aromatic heterocycles. The molecule has 0 amide bonds. The van der Waals surface area contributed by atoms with Crippen molar-refractivity contribution >= 4 is 11.7 Å². The highest BCUT2D eigenvalue weighted by Crippen LogP contribution is 2.20. The quantitative estimate of drug-likeness (QED) is 0.736. The molecule has 0 aromatic carbocycles. The fourth-order valence-electron chi connectivity index (χ4n) is 1.16. The molecule has 1 aromatic rings. The van der Waals surface area contributed by atoms with E-state index in [1.165, 1.54) is 12.3 Å². The molecule has 1 aliphatic heterocycles. The van der Waals surface area contributed by atoms with E-state index in [4.69, 9.17) is 20.3 Å².